The number of aliphatic hydroxyl groups excluding tert-OH is 4. The lowest BCUT2D eigenvalue weighted by Crippen LogP contribution is -2.32. The second-order valence-electron chi connectivity index (χ2n) is 5.47. The molecule has 3 unspecified atom stereocenters. The number of aliphatic hydroxyl groups is 4. The minimum atomic E-state index is -0.542. The lowest BCUT2D eigenvalue weighted by molar-refractivity contribution is -0.148. The van der Waals surface area contributed by atoms with Crippen molar-refractivity contribution in [3.8, 4) is 0 Å². The first kappa shape index (κ1) is 25.6. The quantitative estimate of drug-likeness (QED) is 0.196. The van der Waals surface area contributed by atoms with Crippen molar-refractivity contribution in [2.75, 3.05) is 60.2 Å². The van der Waals surface area contributed by atoms with Crippen LogP contribution >= 0.6 is 0 Å². The standard InChI is InChI=1S/C16H34O10/c1-2-3-4-14(24-11-18)5-21-6-15(25-12-19)7-22-8-16(26-13-20)9-23-10-17/h14-20H,2-13H2,1H3. The van der Waals surface area contributed by atoms with Gasteiger partial charge in [-0.1, -0.05) is 19.8 Å². The molecule has 0 radical (unpaired) electrons. The van der Waals surface area contributed by atoms with Gasteiger partial charge >= 0.3 is 0 Å². The highest BCUT2D eigenvalue weighted by atomic mass is 16.6. The van der Waals surface area contributed by atoms with Crippen LogP contribution in [0.3, 0.4) is 0 Å². The van der Waals surface area contributed by atoms with Crippen molar-refractivity contribution in [3.05, 3.63) is 0 Å². The molecule has 10 nitrogen and oxygen atoms in total. The Kier molecular flexibility index (Phi) is 19.1. The third-order valence-electron chi connectivity index (χ3n) is 3.42. The molecule has 0 aliphatic rings. The Hall–Kier alpha value is -0.400. The van der Waals surface area contributed by atoms with Crippen LogP contribution in [0.1, 0.15) is 26.2 Å². The highest BCUT2D eigenvalue weighted by Crippen LogP contribution is 2.06. The van der Waals surface area contributed by atoms with Crippen molar-refractivity contribution < 1.29 is 48.8 Å². The minimum absolute atomic E-state index is 0.0662. The summed E-state index contributed by atoms with van der Waals surface area (Å²) in [5.74, 6) is 0. The molecule has 26 heavy (non-hydrogen) atoms. The molecule has 0 aromatic rings. The van der Waals surface area contributed by atoms with E-state index in [0.29, 0.717) is 6.61 Å². The first-order valence-corrected chi connectivity index (χ1v) is 8.73. The molecule has 0 heterocycles. The van der Waals surface area contributed by atoms with E-state index in [1.165, 1.54) is 0 Å². The van der Waals surface area contributed by atoms with E-state index in [1.807, 2.05) is 0 Å². The molecular weight excluding hydrogens is 352 g/mol. The fraction of sp³-hybridized carbons (Fsp3) is 1.00. The van der Waals surface area contributed by atoms with E-state index in [4.69, 9.17) is 48.8 Å². The monoisotopic (exact) mass is 386 g/mol. The number of hydrogen-bond acceptors (Lipinski definition) is 10. The molecule has 4 N–H and O–H groups in total. The lowest BCUT2D eigenvalue weighted by atomic mass is 10.2. The normalized spacial score (nSPS) is 15.1. The van der Waals surface area contributed by atoms with Crippen LogP contribution in [0.2, 0.25) is 0 Å². The molecule has 10 heteroatoms. The Labute approximate surface area is 154 Å². The average Bonchev–Trinajstić information content (AvgIpc) is 2.64. The topological polar surface area (TPSA) is 136 Å². The molecule has 3 atom stereocenters. The Morgan fingerprint density at radius 1 is 0.577 bits per heavy atom. The van der Waals surface area contributed by atoms with Gasteiger partial charge in [-0.25, -0.2) is 0 Å². The van der Waals surface area contributed by atoms with Gasteiger partial charge in [0.05, 0.1) is 39.1 Å². The van der Waals surface area contributed by atoms with E-state index in [-0.39, 0.29) is 39.3 Å². The molecule has 0 fully saturated rings. The molecule has 0 aliphatic carbocycles. The first-order valence-electron chi connectivity index (χ1n) is 8.73. The van der Waals surface area contributed by atoms with Gasteiger partial charge < -0.3 is 48.8 Å². The van der Waals surface area contributed by atoms with Crippen LogP contribution in [0.4, 0.5) is 0 Å². The van der Waals surface area contributed by atoms with Gasteiger partial charge in [0, 0.05) is 0 Å². The van der Waals surface area contributed by atoms with Crippen LogP contribution < -0.4 is 0 Å². The van der Waals surface area contributed by atoms with Crippen molar-refractivity contribution in [1.82, 2.24) is 0 Å². The predicted molar refractivity (Wildman–Crippen MR) is 90.1 cm³/mol. The van der Waals surface area contributed by atoms with Gasteiger partial charge in [0.1, 0.15) is 39.4 Å². The fourth-order valence-corrected chi connectivity index (χ4v) is 2.10. The van der Waals surface area contributed by atoms with Gasteiger partial charge in [0.25, 0.3) is 0 Å². The number of ether oxygens (including phenoxy) is 6. The SMILES string of the molecule is CCCCC(COCC(COCC(COCO)OCO)OCO)OCO. The van der Waals surface area contributed by atoms with E-state index in [2.05, 4.69) is 6.92 Å². The summed E-state index contributed by atoms with van der Waals surface area (Å²) in [5, 5.41) is 35.3. The average molecular weight is 386 g/mol. The molecule has 0 aliphatic heterocycles. The molecule has 0 aromatic heterocycles. The smallest absolute Gasteiger partial charge is 0.144 e. The zero-order valence-corrected chi connectivity index (χ0v) is 15.5. The Morgan fingerprint density at radius 3 is 1.42 bits per heavy atom. The Morgan fingerprint density at radius 2 is 1.00 bits per heavy atom. The van der Waals surface area contributed by atoms with Crippen molar-refractivity contribution >= 4 is 0 Å². The van der Waals surface area contributed by atoms with Crippen LogP contribution in [-0.4, -0.2) is 98.9 Å². The van der Waals surface area contributed by atoms with Crippen LogP contribution in [0, 0.1) is 0 Å². The third kappa shape index (κ3) is 14.7. The molecule has 0 saturated carbocycles. The molecule has 0 bridgehead atoms. The van der Waals surface area contributed by atoms with Crippen LogP contribution in [0.25, 0.3) is 0 Å². The van der Waals surface area contributed by atoms with Crippen molar-refractivity contribution in [3.63, 3.8) is 0 Å². The van der Waals surface area contributed by atoms with Gasteiger partial charge in [-0.3, -0.25) is 0 Å². The molecule has 0 saturated heterocycles. The third-order valence-corrected chi connectivity index (χ3v) is 3.42. The second-order valence-corrected chi connectivity index (χ2v) is 5.47. The zero-order valence-electron chi connectivity index (χ0n) is 15.5. The molecule has 0 rings (SSSR count). The van der Waals surface area contributed by atoms with Gasteiger partial charge in [-0.2, -0.15) is 0 Å². The van der Waals surface area contributed by atoms with Crippen LogP contribution in [-0.2, 0) is 28.4 Å². The van der Waals surface area contributed by atoms with E-state index >= 15 is 0 Å². The largest absolute Gasteiger partial charge is 0.376 e. The summed E-state index contributed by atoms with van der Waals surface area (Å²) in [7, 11) is 0. The predicted octanol–water partition coefficient (Wildman–Crippen LogP) is -0.819. The zero-order chi connectivity index (χ0) is 19.5. The Bertz CT molecular complexity index is 258. The number of rotatable bonds is 20. The van der Waals surface area contributed by atoms with E-state index in [1.54, 1.807) is 0 Å². The van der Waals surface area contributed by atoms with Crippen molar-refractivity contribution in [1.29, 1.82) is 0 Å². The summed E-state index contributed by atoms with van der Waals surface area (Å²) in [5.41, 5.74) is 0. The van der Waals surface area contributed by atoms with E-state index in [9.17, 15) is 0 Å². The summed E-state index contributed by atoms with van der Waals surface area (Å²) in [6.07, 6.45) is 1.52. The molecular formula is C16H34O10. The Balaban J connectivity index is 4.12. The highest BCUT2D eigenvalue weighted by Gasteiger charge is 2.15. The van der Waals surface area contributed by atoms with Crippen LogP contribution in [0.5, 0.6) is 0 Å². The van der Waals surface area contributed by atoms with Gasteiger partial charge in [0.2, 0.25) is 0 Å². The maximum Gasteiger partial charge on any atom is 0.144 e. The fourth-order valence-electron chi connectivity index (χ4n) is 2.10. The summed E-state index contributed by atoms with van der Waals surface area (Å²) in [6, 6.07) is 0. The van der Waals surface area contributed by atoms with Crippen LogP contribution in [0.15, 0.2) is 0 Å². The summed E-state index contributed by atoms with van der Waals surface area (Å²) >= 11 is 0. The molecule has 0 amide bonds. The summed E-state index contributed by atoms with van der Waals surface area (Å²) in [6.45, 7) is 1.06. The van der Waals surface area contributed by atoms with Crippen molar-refractivity contribution in [2.45, 2.75) is 44.5 Å². The lowest BCUT2D eigenvalue weighted by Gasteiger charge is -2.21. The number of unbranched alkanes of at least 4 members (excludes halogenated alkanes) is 1. The summed E-state index contributed by atoms with van der Waals surface area (Å²) in [4.78, 5) is 0. The van der Waals surface area contributed by atoms with Gasteiger partial charge in [-0.15, -0.1) is 0 Å². The summed E-state index contributed by atoms with van der Waals surface area (Å²) < 4.78 is 31.1. The maximum absolute atomic E-state index is 8.96. The number of hydrogen-bond donors (Lipinski definition) is 4. The maximum atomic E-state index is 8.96. The van der Waals surface area contributed by atoms with E-state index in [0.717, 1.165) is 19.3 Å². The highest BCUT2D eigenvalue weighted by molar-refractivity contribution is 4.61. The molecule has 158 valence electrons. The second kappa shape index (κ2) is 19.4. The minimum Gasteiger partial charge on any atom is -0.376 e. The van der Waals surface area contributed by atoms with Crippen molar-refractivity contribution in [2.24, 2.45) is 0 Å². The molecule has 0 spiro atoms. The van der Waals surface area contributed by atoms with Gasteiger partial charge in [0.15, 0.2) is 0 Å². The first-order chi connectivity index (χ1) is 12.7. The molecule has 0 aromatic carbocycles. The van der Waals surface area contributed by atoms with Gasteiger partial charge in [-0.05, 0) is 6.42 Å². The van der Waals surface area contributed by atoms with E-state index < -0.39 is 32.6 Å².